The van der Waals surface area contributed by atoms with Gasteiger partial charge in [-0.05, 0) is 143 Å². The molecule has 16 aromatic carbocycles. The maximum absolute atomic E-state index is 5.70. The number of rotatable bonds is 9. The molecule has 518 valence electrons. The first-order chi connectivity index (χ1) is 55.5. The third kappa shape index (κ3) is 8.74. The first kappa shape index (κ1) is 62.3. The SMILES string of the molecule is c1ccc(-c2ccc(-c3cc(-c4cccc(-c5ccc(-c6cc(-c7ccccc7)nc(-c7ccc(-c8cccc9c8-c8ccccc8C98c9ccccc9-n9c%10ccccc%10c%10cccc8c%109)cc7)n6)cc5)c4)nc(-c4cccc5c4-c4ccccc4C54c5ccccc5-n5c6ccccc6c6cccc4c65)n3)cc2)cc1. The predicted octanol–water partition coefficient (Wildman–Crippen LogP) is 25.8. The van der Waals surface area contributed by atoms with Gasteiger partial charge in [-0.3, -0.25) is 0 Å². The summed E-state index contributed by atoms with van der Waals surface area (Å²) in [6, 6.07) is 142. The van der Waals surface area contributed by atoms with Gasteiger partial charge >= 0.3 is 0 Å². The summed E-state index contributed by atoms with van der Waals surface area (Å²) in [5.41, 5.74) is 37.3. The van der Waals surface area contributed by atoms with Crippen molar-refractivity contribution in [3.63, 3.8) is 0 Å². The monoisotopic (exact) mass is 1420 g/mol. The van der Waals surface area contributed by atoms with Gasteiger partial charge < -0.3 is 9.13 Å². The Morgan fingerprint density at radius 2 is 0.518 bits per heavy atom. The fraction of sp³-hybridized carbons (Fsp3) is 0.0189. The summed E-state index contributed by atoms with van der Waals surface area (Å²) < 4.78 is 5.01. The van der Waals surface area contributed by atoms with E-state index in [0.29, 0.717) is 11.6 Å². The van der Waals surface area contributed by atoms with Crippen LogP contribution in [0.5, 0.6) is 0 Å². The molecule has 2 aliphatic heterocycles. The Morgan fingerprint density at radius 3 is 1.07 bits per heavy atom. The molecule has 0 fully saturated rings. The second-order valence-electron chi connectivity index (χ2n) is 30.2. The van der Waals surface area contributed by atoms with E-state index < -0.39 is 10.8 Å². The van der Waals surface area contributed by atoms with Crippen LogP contribution in [0.4, 0.5) is 0 Å². The van der Waals surface area contributed by atoms with Crippen LogP contribution >= 0.6 is 0 Å². The molecular formula is C106H64N6. The largest absolute Gasteiger partial charge is 0.309 e. The van der Waals surface area contributed by atoms with Crippen molar-refractivity contribution in [3.05, 3.63) is 433 Å². The van der Waals surface area contributed by atoms with Crippen LogP contribution in [0.1, 0.15) is 44.5 Å². The standard InChI is InChI=1S/C106H64N6/c1-3-24-65(25-4-1)66-50-56-71(57-51-66)93-64-94(110-104(109-93)82-37-23-43-88-100(82)81-33-8-12-39-84(81)106(88)86-41-14-18-49-98(86)112-96-47-16-10-31-77(96)79-36-22-45-90(106)102(79)112)74-29-19-28-73(62-74)67-52-58-70(59-53-67)92-63-91(69-26-5-2-6-27-69)107-103(108-92)72-60-54-68(55-61-72)75-34-20-42-87-99(75)80-32-7-11-38-83(80)105(87)85-40-13-17-48-97(85)111-95-46-15-9-30-76(95)78-35-21-44-89(105)101(78)111/h1-64H. The Morgan fingerprint density at radius 1 is 0.188 bits per heavy atom. The summed E-state index contributed by atoms with van der Waals surface area (Å²) in [4.78, 5) is 22.1. The molecule has 6 nitrogen and oxygen atoms in total. The molecule has 0 N–H and O–H groups in total. The lowest BCUT2D eigenvalue weighted by molar-refractivity contribution is 0.748. The van der Waals surface area contributed by atoms with Crippen molar-refractivity contribution >= 4 is 43.6 Å². The van der Waals surface area contributed by atoms with Gasteiger partial charge in [-0.2, -0.15) is 0 Å². The Hall–Kier alpha value is -14.7. The number of nitrogens with zero attached hydrogens (tertiary/aromatic N) is 6. The molecule has 0 saturated carbocycles. The molecule has 4 aromatic heterocycles. The molecule has 0 saturated heterocycles. The Kier molecular flexibility index (Phi) is 13.3. The van der Waals surface area contributed by atoms with Gasteiger partial charge in [0.05, 0.1) is 67.0 Å². The topological polar surface area (TPSA) is 61.4 Å². The first-order valence-electron chi connectivity index (χ1n) is 38.6. The van der Waals surface area contributed by atoms with Gasteiger partial charge in [-0.1, -0.05) is 346 Å². The van der Waals surface area contributed by atoms with Crippen LogP contribution in [-0.4, -0.2) is 29.1 Å². The molecule has 2 spiro atoms. The van der Waals surface area contributed by atoms with E-state index in [1.54, 1.807) is 0 Å². The van der Waals surface area contributed by atoms with E-state index in [1.165, 1.54) is 127 Å². The molecule has 6 heteroatoms. The van der Waals surface area contributed by atoms with Gasteiger partial charge in [-0.15, -0.1) is 0 Å². The molecule has 112 heavy (non-hydrogen) atoms. The van der Waals surface area contributed by atoms with Crippen molar-refractivity contribution in [1.82, 2.24) is 29.1 Å². The van der Waals surface area contributed by atoms with Crippen LogP contribution in [0.25, 0.3) is 178 Å². The number of fused-ring (bicyclic) bond motifs is 24. The second-order valence-corrected chi connectivity index (χ2v) is 30.2. The number of para-hydroxylation sites is 6. The van der Waals surface area contributed by atoms with Gasteiger partial charge in [0.2, 0.25) is 0 Å². The van der Waals surface area contributed by atoms with Crippen molar-refractivity contribution in [1.29, 1.82) is 0 Å². The van der Waals surface area contributed by atoms with Crippen molar-refractivity contribution in [2.45, 2.75) is 10.8 Å². The predicted molar refractivity (Wildman–Crippen MR) is 457 cm³/mol. The lowest BCUT2D eigenvalue weighted by Gasteiger charge is -2.39. The van der Waals surface area contributed by atoms with Crippen molar-refractivity contribution in [3.8, 4) is 135 Å². The van der Waals surface area contributed by atoms with E-state index in [2.05, 4.69) is 397 Å². The molecular weight excluding hydrogens is 1360 g/mol. The van der Waals surface area contributed by atoms with Gasteiger partial charge in [-0.25, -0.2) is 19.9 Å². The third-order valence-electron chi connectivity index (χ3n) is 24.6. The fourth-order valence-corrected chi connectivity index (χ4v) is 19.9. The maximum Gasteiger partial charge on any atom is 0.161 e. The van der Waals surface area contributed by atoms with E-state index in [1.807, 2.05) is 0 Å². The van der Waals surface area contributed by atoms with Gasteiger partial charge in [0, 0.05) is 54.9 Å². The van der Waals surface area contributed by atoms with Crippen LogP contribution in [0.15, 0.2) is 388 Å². The number of aromatic nitrogens is 6. The molecule has 4 aliphatic rings. The molecule has 2 aliphatic carbocycles. The summed E-state index contributed by atoms with van der Waals surface area (Å²) >= 11 is 0. The highest BCUT2D eigenvalue weighted by Gasteiger charge is 2.53. The van der Waals surface area contributed by atoms with E-state index in [-0.39, 0.29) is 0 Å². The summed E-state index contributed by atoms with van der Waals surface area (Å²) in [7, 11) is 0. The lowest BCUT2D eigenvalue weighted by atomic mass is 9.65. The first-order valence-corrected chi connectivity index (χ1v) is 38.6. The van der Waals surface area contributed by atoms with E-state index in [9.17, 15) is 0 Å². The normalized spacial score (nSPS) is 15.0. The van der Waals surface area contributed by atoms with Gasteiger partial charge in [0.1, 0.15) is 0 Å². The van der Waals surface area contributed by atoms with E-state index >= 15 is 0 Å². The fourth-order valence-electron chi connectivity index (χ4n) is 19.9. The molecule has 6 heterocycles. The highest BCUT2D eigenvalue weighted by molar-refractivity contribution is 6.15. The van der Waals surface area contributed by atoms with Crippen LogP contribution in [0, 0.1) is 0 Å². The molecule has 0 radical (unpaired) electrons. The van der Waals surface area contributed by atoms with Crippen molar-refractivity contribution in [2.75, 3.05) is 0 Å². The Labute approximate surface area is 646 Å². The molecule has 2 atom stereocenters. The van der Waals surface area contributed by atoms with Crippen molar-refractivity contribution < 1.29 is 0 Å². The maximum atomic E-state index is 5.70. The quantitative estimate of drug-likeness (QED) is 0.144. The molecule has 2 unspecified atom stereocenters. The van der Waals surface area contributed by atoms with Crippen LogP contribution in [0.3, 0.4) is 0 Å². The minimum Gasteiger partial charge on any atom is -0.309 e. The summed E-state index contributed by atoms with van der Waals surface area (Å²) in [6.45, 7) is 0. The Bertz CT molecular complexity index is 7360. The number of benzene rings is 16. The molecule has 24 rings (SSSR count). The van der Waals surface area contributed by atoms with E-state index in [0.717, 1.165) is 84.0 Å². The smallest absolute Gasteiger partial charge is 0.161 e. The lowest BCUT2D eigenvalue weighted by Crippen LogP contribution is -2.33. The molecule has 20 aromatic rings. The Balaban J connectivity index is 0.600. The average molecular weight is 1420 g/mol. The third-order valence-corrected chi connectivity index (χ3v) is 24.6. The minimum atomic E-state index is -0.635. The van der Waals surface area contributed by atoms with Gasteiger partial charge in [0.25, 0.3) is 0 Å². The molecule has 0 amide bonds. The number of hydrogen-bond donors (Lipinski definition) is 0. The minimum absolute atomic E-state index is 0.548. The van der Waals surface area contributed by atoms with Crippen molar-refractivity contribution in [2.24, 2.45) is 0 Å². The van der Waals surface area contributed by atoms with E-state index in [4.69, 9.17) is 19.9 Å². The summed E-state index contributed by atoms with van der Waals surface area (Å²) in [5.74, 6) is 1.32. The zero-order chi connectivity index (χ0) is 73.3. The average Bonchev–Trinajstić information content (AvgIpc) is 1.50. The second kappa shape index (κ2) is 23.9. The highest BCUT2D eigenvalue weighted by atomic mass is 15.0. The number of hydrogen-bond acceptors (Lipinski definition) is 4. The zero-order valence-corrected chi connectivity index (χ0v) is 60.6. The highest BCUT2D eigenvalue weighted by Crippen LogP contribution is 2.65. The van der Waals surface area contributed by atoms with Crippen LogP contribution < -0.4 is 0 Å². The molecule has 0 bridgehead atoms. The zero-order valence-electron chi connectivity index (χ0n) is 60.6. The van der Waals surface area contributed by atoms with Gasteiger partial charge in [0.15, 0.2) is 11.6 Å². The van der Waals surface area contributed by atoms with Crippen LogP contribution in [-0.2, 0) is 10.8 Å². The summed E-state index contributed by atoms with van der Waals surface area (Å²) in [6.07, 6.45) is 0. The van der Waals surface area contributed by atoms with Crippen LogP contribution in [0.2, 0.25) is 0 Å². The summed E-state index contributed by atoms with van der Waals surface area (Å²) in [5, 5.41) is 5.04.